The first-order valence-electron chi connectivity index (χ1n) is 8.65. The van der Waals surface area contributed by atoms with Crippen LogP contribution in [0.1, 0.15) is 46.6 Å². The van der Waals surface area contributed by atoms with E-state index in [0.717, 1.165) is 56.7 Å². The number of amides is 1. The Balaban J connectivity index is 1.58. The van der Waals surface area contributed by atoms with E-state index in [2.05, 4.69) is 20.5 Å². The molecule has 0 radical (unpaired) electrons. The summed E-state index contributed by atoms with van der Waals surface area (Å²) in [6, 6.07) is 3.69. The van der Waals surface area contributed by atoms with Crippen molar-refractivity contribution in [3.05, 3.63) is 40.8 Å². The van der Waals surface area contributed by atoms with Gasteiger partial charge in [-0.05, 0) is 57.2 Å². The quantitative estimate of drug-likeness (QED) is 0.800. The van der Waals surface area contributed by atoms with Crippen molar-refractivity contribution in [3.8, 4) is 0 Å². The summed E-state index contributed by atoms with van der Waals surface area (Å²) in [4.78, 5) is 18.9. The smallest absolute Gasteiger partial charge is 0.257 e. The number of pyridine rings is 1. The van der Waals surface area contributed by atoms with Crippen molar-refractivity contribution in [2.45, 2.75) is 39.5 Å². The van der Waals surface area contributed by atoms with Crippen LogP contribution in [-0.2, 0) is 6.42 Å². The van der Waals surface area contributed by atoms with Crippen LogP contribution in [-0.4, -0.2) is 45.6 Å². The van der Waals surface area contributed by atoms with Crippen molar-refractivity contribution in [1.29, 1.82) is 0 Å². The molecule has 0 aromatic carbocycles. The van der Waals surface area contributed by atoms with Crippen molar-refractivity contribution in [3.63, 3.8) is 0 Å². The third-order valence-electron chi connectivity index (χ3n) is 4.61. The second-order valence-electron chi connectivity index (χ2n) is 6.34. The molecule has 1 saturated heterocycles. The summed E-state index contributed by atoms with van der Waals surface area (Å²) in [6.07, 6.45) is 5.85. The number of hydrogen-bond acceptors (Lipinski definition) is 4. The SMILES string of the molecule is Cc1n[nH]c(C)c1CCCNc1ncccc1C(=O)N1CCCC1. The first-order valence-corrected chi connectivity index (χ1v) is 8.65. The summed E-state index contributed by atoms with van der Waals surface area (Å²) < 4.78 is 0. The molecule has 3 heterocycles. The molecule has 1 fully saturated rings. The minimum atomic E-state index is 0.0876. The predicted molar refractivity (Wildman–Crippen MR) is 94.2 cm³/mol. The van der Waals surface area contributed by atoms with E-state index in [0.29, 0.717) is 11.4 Å². The number of H-pyrrole nitrogens is 1. The van der Waals surface area contributed by atoms with Crippen LogP contribution in [0.4, 0.5) is 5.82 Å². The number of carbonyl (C=O) groups is 1. The van der Waals surface area contributed by atoms with Crippen LogP contribution in [0.25, 0.3) is 0 Å². The molecule has 2 N–H and O–H groups in total. The summed E-state index contributed by atoms with van der Waals surface area (Å²) in [5.41, 5.74) is 4.16. The lowest BCUT2D eigenvalue weighted by molar-refractivity contribution is 0.0793. The fraction of sp³-hybridized carbons (Fsp3) is 0.500. The van der Waals surface area contributed by atoms with Crippen LogP contribution in [0.5, 0.6) is 0 Å². The number of aromatic amines is 1. The zero-order valence-electron chi connectivity index (χ0n) is 14.4. The summed E-state index contributed by atoms with van der Waals surface area (Å²) in [7, 11) is 0. The summed E-state index contributed by atoms with van der Waals surface area (Å²) in [5.74, 6) is 0.777. The molecular formula is C18H25N5O. The second-order valence-corrected chi connectivity index (χ2v) is 6.34. The number of aromatic nitrogens is 3. The number of hydrogen-bond donors (Lipinski definition) is 2. The van der Waals surface area contributed by atoms with Gasteiger partial charge in [0, 0.05) is 31.5 Å². The lowest BCUT2D eigenvalue weighted by Crippen LogP contribution is -2.28. The van der Waals surface area contributed by atoms with Crippen molar-refractivity contribution < 1.29 is 4.79 Å². The van der Waals surface area contributed by atoms with Gasteiger partial charge in [0.2, 0.25) is 0 Å². The Hall–Kier alpha value is -2.37. The molecule has 0 bridgehead atoms. The van der Waals surface area contributed by atoms with E-state index < -0.39 is 0 Å². The van der Waals surface area contributed by atoms with Gasteiger partial charge in [0.15, 0.2) is 0 Å². The van der Waals surface area contributed by atoms with Crippen molar-refractivity contribution in [1.82, 2.24) is 20.1 Å². The molecule has 2 aromatic rings. The highest BCUT2D eigenvalue weighted by Gasteiger charge is 2.22. The van der Waals surface area contributed by atoms with E-state index in [-0.39, 0.29) is 5.91 Å². The lowest BCUT2D eigenvalue weighted by Gasteiger charge is -2.17. The minimum absolute atomic E-state index is 0.0876. The molecule has 128 valence electrons. The van der Waals surface area contributed by atoms with Crippen LogP contribution >= 0.6 is 0 Å². The van der Waals surface area contributed by atoms with Gasteiger partial charge in [-0.1, -0.05) is 0 Å². The number of nitrogens with zero attached hydrogens (tertiary/aromatic N) is 3. The van der Waals surface area contributed by atoms with Crippen molar-refractivity contribution >= 4 is 11.7 Å². The maximum absolute atomic E-state index is 12.6. The fourth-order valence-electron chi connectivity index (χ4n) is 3.22. The number of anilines is 1. The molecule has 6 heteroatoms. The molecule has 3 rings (SSSR count). The van der Waals surface area contributed by atoms with E-state index in [1.807, 2.05) is 30.9 Å². The molecule has 0 spiro atoms. The third-order valence-corrected chi connectivity index (χ3v) is 4.61. The first-order chi connectivity index (χ1) is 11.7. The van der Waals surface area contributed by atoms with Gasteiger partial charge < -0.3 is 10.2 Å². The predicted octanol–water partition coefficient (Wildman–Crippen LogP) is 2.70. The Morgan fingerprint density at radius 1 is 1.33 bits per heavy atom. The van der Waals surface area contributed by atoms with Gasteiger partial charge in [-0.25, -0.2) is 4.98 Å². The van der Waals surface area contributed by atoms with Crippen LogP contribution in [0, 0.1) is 13.8 Å². The topological polar surface area (TPSA) is 73.9 Å². The Morgan fingerprint density at radius 3 is 2.83 bits per heavy atom. The van der Waals surface area contributed by atoms with Crippen molar-refractivity contribution in [2.75, 3.05) is 25.0 Å². The molecule has 2 aromatic heterocycles. The van der Waals surface area contributed by atoms with Crippen LogP contribution < -0.4 is 5.32 Å². The maximum Gasteiger partial charge on any atom is 0.257 e. The van der Waals surface area contributed by atoms with Gasteiger partial charge in [-0.2, -0.15) is 5.10 Å². The molecule has 24 heavy (non-hydrogen) atoms. The Morgan fingerprint density at radius 2 is 2.12 bits per heavy atom. The maximum atomic E-state index is 12.6. The first kappa shape index (κ1) is 16.5. The standard InChI is InChI=1S/C18H25N5O/c1-13-15(14(2)22-21-13)7-5-9-19-17-16(8-6-10-20-17)18(24)23-11-3-4-12-23/h6,8,10H,3-5,7,9,11-12H2,1-2H3,(H,19,20)(H,21,22). The van der Waals surface area contributed by atoms with Gasteiger partial charge in [0.1, 0.15) is 5.82 Å². The second kappa shape index (κ2) is 7.47. The van der Waals surface area contributed by atoms with E-state index in [9.17, 15) is 4.79 Å². The Kier molecular flexibility index (Phi) is 5.13. The largest absolute Gasteiger partial charge is 0.369 e. The number of carbonyl (C=O) groups excluding carboxylic acids is 1. The molecule has 0 aliphatic carbocycles. The van der Waals surface area contributed by atoms with Crippen LogP contribution in [0.15, 0.2) is 18.3 Å². The fourth-order valence-corrected chi connectivity index (χ4v) is 3.22. The van der Waals surface area contributed by atoms with Gasteiger partial charge in [-0.3, -0.25) is 9.89 Å². The zero-order chi connectivity index (χ0) is 16.9. The molecule has 1 aliphatic rings. The van der Waals surface area contributed by atoms with E-state index >= 15 is 0 Å². The van der Waals surface area contributed by atoms with Gasteiger partial charge >= 0.3 is 0 Å². The summed E-state index contributed by atoms with van der Waals surface area (Å²) >= 11 is 0. The molecule has 0 unspecified atom stereocenters. The summed E-state index contributed by atoms with van der Waals surface area (Å²) in [6.45, 7) is 6.56. The van der Waals surface area contributed by atoms with Crippen LogP contribution in [0.3, 0.4) is 0 Å². The van der Waals surface area contributed by atoms with Gasteiger partial charge in [0.05, 0.1) is 11.3 Å². The number of nitrogens with one attached hydrogen (secondary N) is 2. The molecule has 1 amide bonds. The van der Waals surface area contributed by atoms with Crippen LogP contribution in [0.2, 0.25) is 0 Å². The molecule has 6 nitrogen and oxygen atoms in total. The van der Waals surface area contributed by atoms with E-state index in [4.69, 9.17) is 0 Å². The monoisotopic (exact) mass is 327 g/mol. The average molecular weight is 327 g/mol. The Labute approximate surface area is 142 Å². The Bertz CT molecular complexity index is 684. The summed E-state index contributed by atoms with van der Waals surface area (Å²) in [5, 5.41) is 10.6. The lowest BCUT2D eigenvalue weighted by atomic mass is 10.1. The molecule has 1 aliphatic heterocycles. The molecular weight excluding hydrogens is 302 g/mol. The van der Waals surface area contributed by atoms with Gasteiger partial charge in [0.25, 0.3) is 5.91 Å². The zero-order valence-corrected chi connectivity index (χ0v) is 14.4. The molecule has 0 atom stereocenters. The van der Waals surface area contributed by atoms with E-state index in [1.54, 1.807) is 6.20 Å². The highest BCUT2D eigenvalue weighted by Crippen LogP contribution is 2.18. The average Bonchev–Trinajstić information content (AvgIpc) is 3.23. The normalized spacial score (nSPS) is 14.2. The highest BCUT2D eigenvalue weighted by molar-refractivity contribution is 5.98. The number of rotatable bonds is 6. The highest BCUT2D eigenvalue weighted by atomic mass is 16.2. The third kappa shape index (κ3) is 3.58. The minimum Gasteiger partial charge on any atom is -0.369 e. The molecule has 0 saturated carbocycles. The number of aryl methyl sites for hydroxylation is 2. The van der Waals surface area contributed by atoms with Gasteiger partial charge in [-0.15, -0.1) is 0 Å². The van der Waals surface area contributed by atoms with E-state index in [1.165, 1.54) is 5.56 Å². The number of likely N-dealkylation sites (tertiary alicyclic amines) is 1. The van der Waals surface area contributed by atoms with Crippen molar-refractivity contribution in [2.24, 2.45) is 0 Å².